The lowest BCUT2D eigenvalue weighted by Crippen LogP contribution is -2.10. The fraction of sp³-hybridized carbons (Fsp3) is 0.667. The molecule has 0 fully saturated rings. The molecule has 0 unspecified atom stereocenters. The Labute approximate surface area is 82.6 Å². The van der Waals surface area contributed by atoms with Gasteiger partial charge in [-0.1, -0.05) is 6.92 Å². The number of rotatable bonds is 3. The average Bonchev–Trinajstić information content (AvgIpc) is 2.52. The van der Waals surface area contributed by atoms with E-state index in [0.29, 0.717) is 0 Å². The lowest BCUT2D eigenvalue weighted by molar-refractivity contribution is 0.767. The quantitative estimate of drug-likeness (QED) is 0.744. The minimum absolute atomic E-state index is 0.179. The third-order valence-corrected chi connectivity index (χ3v) is 4.50. The Kier molecular flexibility index (Phi) is 3.18. The fourth-order valence-corrected chi connectivity index (χ4v) is 2.37. The lowest BCUT2D eigenvalue weighted by atomic mass is 10.2. The second kappa shape index (κ2) is 3.79. The molecular weight excluding hydrogens is 186 g/mol. The first-order valence-corrected chi connectivity index (χ1v) is 6.20. The summed E-state index contributed by atoms with van der Waals surface area (Å²) in [5, 5.41) is 3.40. The maximum absolute atomic E-state index is 4.57. The van der Waals surface area contributed by atoms with Crippen molar-refractivity contribution >= 4 is 23.1 Å². The third kappa shape index (κ3) is 2.02. The summed E-state index contributed by atoms with van der Waals surface area (Å²) in [6.45, 7) is 6.58. The van der Waals surface area contributed by atoms with Crippen molar-refractivity contribution in [3.8, 4) is 0 Å². The summed E-state index contributed by atoms with van der Waals surface area (Å²) in [6, 6.07) is 0. The molecule has 12 heavy (non-hydrogen) atoms. The van der Waals surface area contributed by atoms with Gasteiger partial charge in [0.1, 0.15) is 5.01 Å². The summed E-state index contributed by atoms with van der Waals surface area (Å²) in [5.74, 6) is 0. The molecule has 0 saturated heterocycles. The number of hydrogen-bond donors (Lipinski definition) is 0. The summed E-state index contributed by atoms with van der Waals surface area (Å²) >= 11 is 3.63. The van der Waals surface area contributed by atoms with E-state index in [-0.39, 0.29) is 4.75 Å². The minimum Gasteiger partial charge on any atom is -0.245 e. The van der Waals surface area contributed by atoms with Crippen LogP contribution in [0.4, 0.5) is 0 Å². The first-order valence-electron chi connectivity index (χ1n) is 4.10. The molecule has 0 saturated carbocycles. The van der Waals surface area contributed by atoms with Crippen molar-refractivity contribution in [1.82, 2.24) is 4.98 Å². The van der Waals surface area contributed by atoms with E-state index in [0.717, 1.165) is 6.42 Å². The molecule has 0 aliphatic rings. The van der Waals surface area contributed by atoms with Crippen LogP contribution < -0.4 is 0 Å². The Morgan fingerprint density at radius 2 is 2.25 bits per heavy atom. The standard InChI is InChI=1S/C9H15NS2/c1-5-7-6-12-8(10-7)9(2,3)11-4/h6H,5H2,1-4H3. The Hall–Kier alpha value is -0.0200. The van der Waals surface area contributed by atoms with Crippen LogP contribution in [0.25, 0.3) is 0 Å². The highest BCUT2D eigenvalue weighted by Gasteiger charge is 2.22. The van der Waals surface area contributed by atoms with E-state index in [1.54, 1.807) is 11.3 Å². The van der Waals surface area contributed by atoms with Gasteiger partial charge >= 0.3 is 0 Å². The zero-order valence-electron chi connectivity index (χ0n) is 8.05. The SMILES string of the molecule is CCc1csc(C(C)(C)SC)n1. The molecule has 68 valence electrons. The molecule has 1 nitrogen and oxygen atoms in total. The lowest BCUT2D eigenvalue weighted by Gasteiger charge is -2.18. The highest BCUT2D eigenvalue weighted by Crippen LogP contribution is 2.35. The number of thiazole rings is 1. The molecule has 0 aliphatic carbocycles. The molecule has 0 amide bonds. The molecule has 3 heteroatoms. The first kappa shape index (κ1) is 10.1. The van der Waals surface area contributed by atoms with Crippen molar-refractivity contribution in [2.45, 2.75) is 31.9 Å². The van der Waals surface area contributed by atoms with E-state index in [9.17, 15) is 0 Å². The molecule has 0 N–H and O–H groups in total. The molecule has 0 aliphatic heterocycles. The second-order valence-corrected chi connectivity index (χ2v) is 5.50. The second-order valence-electron chi connectivity index (χ2n) is 3.21. The number of aryl methyl sites for hydroxylation is 1. The topological polar surface area (TPSA) is 12.9 Å². The molecule has 1 heterocycles. The van der Waals surface area contributed by atoms with Crippen LogP contribution in [0.3, 0.4) is 0 Å². The van der Waals surface area contributed by atoms with Crippen molar-refractivity contribution in [2.24, 2.45) is 0 Å². The van der Waals surface area contributed by atoms with Gasteiger partial charge in [0.25, 0.3) is 0 Å². The van der Waals surface area contributed by atoms with E-state index in [4.69, 9.17) is 0 Å². The smallest absolute Gasteiger partial charge is 0.108 e. The summed E-state index contributed by atoms with van der Waals surface area (Å²) in [5.41, 5.74) is 1.22. The van der Waals surface area contributed by atoms with Crippen molar-refractivity contribution in [3.63, 3.8) is 0 Å². The largest absolute Gasteiger partial charge is 0.245 e. The molecule has 1 aromatic heterocycles. The zero-order chi connectivity index (χ0) is 9.19. The molecule has 0 radical (unpaired) electrons. The maximum Gasteiger partial charge on any atom is 0.108 e. The molecular formula is C9H15NS2. The summed E-state index contributed by atoms with van der Waals surface area (Å²) in [4.78, 5) is 4.57. The van der Waals surface area contributed by atoms with Crippen molar-refractivity contribution in [2.75, 3.05) is 6.26 Å². The van der Waals surface area contributed by atoms with Crippen molar-refractivity contribution in [1.29, 1.82) is 0 Å². The Morgan fingerprint density at radius 3 is 2.67 bits per heavy atom. The van der Waals surface area contributed by atoms with Gasteiger partial charge in [0, 0.05) is 5.38 Å². The number of aromatic nitrogens is 1. The molecule has 1 aromatic rings. The highest BCUT2D eigenvalue weighted by molar-refractivity contribution is 7.99. The van der Waals surface area contributed by atoms with Crippen LogP contribution in [-0.4, -0.2) is 11.2 Å². The van der Waals surface area contributed by atoms with Gasteiger partial charge in [-0.25, -0.2) is 4.98 Å². The van der Waals surface area contributed by atoms with Crippen LogP contribution in [0.15, 0.2) is 5.38 Å². The van der Waals surface area contributed by atoms with Crippen LogP contribution in [-0.2, 0) is 11.2 Å². The zero-order valence-corrected chi connectivity index (χ0v) is 9.68. The highest BCUT2D eigenvalue weighted by atomic mass is 32.2. The fourth-order valence-electron chi connectivity index (χ4n) is 0.833. The van der Waals surface area contributed by atoms with Gasteiger partial charge in [-0.05, 0) is 26.5 Å². The first-order chi connectivity index (χ1) is 5.60. The van der Waals surface area contributed by atoms with Crippen LogP contribution in [0, 0.1) is 0 Å². The van der Waals surface area contributed by atoms with E-state index in [1.807, 2.05) is 11.8 Å². The summed E-state index contributed by atoms with van der Waals surface area (Å²) in [7, 11) is 0. The van der Waals surface area contributed by atoms with Gasteiger partial charge < -0.3 is 0 Å². The van der Waals surface area contributed by atoms with Crippen LogP contribution >= 0.6 is 23.1 Å². The van der Waals surface area contributed by atoms with Gasteiger partial charge in [0.05, 0.1) is 10.4 Å². The van der Waals surface area contributed by atoms with Gasteiger partial charge in [-0.2, -0.15) is 11.8 Å². The van der Waals surface area contributed by atoms with E-state index in [1.165, 1.54) is 10.7 Å². The molecule has 0 spiro atoms. The number of thioether (sulfide) groups is 1. The average molecular weight is 201 g/mol. The van der Waals surface area contributed by atoms with Gasteiger partial charge in [-0.15, -0.1) is 11.3 Å². The summed E-state index contributed by atoms with van der Waals surface area (Å²) in [6.07, 6.45) is 3.17. The summed E-state index contributed by atoms with van der Waals surface area (Å²) < 4.78 is 0.179. The van der Waals surface area contributed by atoms with E-state index < -0.39 is 0 Å². The van der Waals surface area contributed by atoms with E-state index in [2.05, 4.69) is 37.4 Å². The van der Waals surface area contributed by atoms with Crippen molar-refractivity contribution in [3.05, 3.63) is 16.1 Å². The third-order valence-electron chi connectivity index (χ3n) is 1.94. The normalized spacial score (nSPS) is 12.0. The number of hydrogen-bond acceptors (Lipinski definition) is 3. The maximum atomic E-state index is 4.57. The minimum atomic E-state index is 0.179. The predicted octanol–water partition coefficient (Wildman–Crippen LogP) is 3.30. The van der Waals surface area contributed by atoms with Gasteiger partial charge in [0.15, 0.2) is 0 Å². The van der Waals surface area contributed by atoms with Crippen LogP contribution in [0.1, 0.15) is 31.5 Å². The monoisotopic (exact) mass is 201 g/mol. The molecule has 0 bridgehead atoms. The molecule has 1 rings (SSSR count). The Balaban J connectivity index is 2.88. The van der Waals surface area contributed by atoms with Crippen LogP contribution in [0.5, 0.6) is 0 Å². The van der Waals surface area contributed by atoms with Crippen molar-refractivity contribution < 1.29 is 0 Å². The van der Waals surface area contributed by atoms with E-state index >= 15 is 0 Å². The predicted molar refractivity (Wildman–Crippen MR) is 58.0 cm³/mol. The Morgan fingerprint density at radius 1 is 1.58 bits per heavy atom. The van der Waals surface area contributed by atoms with Crippen LogP contribution in [0.2, 0.25) is 0 Å². The van der Waals surface area contributed by atoms with Gasteiger partial charge in [0.2, 0.25) is 0 Å². The molecule has 0 atom stereocenters. The molecule has 0 aromatic carbocycles. The number of nitrogens with zero attached hydrogens (tertiary/aromatic N) is 1. The Bertz CT molecular complexity index is 253. The van der Waals surface area contributed by atoms with Gasteiger partial charge in [-0.3, -0.25) is 0 Å².